The van der Waals surface area contributed by atoms with Crippen molar-refractivity contribution in [3.05, 3.63) is 96.6 Å². The van der Waals surface area contributed by atoms with E-state index in [1.807, 2.05) is 26.2 Å². The Hall–Kier alpha value is -3.12. The number of piperazine rings is 1. The Labute approximate surface area is 234 Å². The zero-order valence-electron chi connectivity index (χ0n) is 23.7. The first-order valence-corrected chi connectivity index (χ1v) is 14.4. The van der Waals surface area contributed by atoms with Crippen LogP contribution in [0.2, 0.25) is 0 Å². The summed E-state index contributed by atoms with van der Waals surface area (Å²) < 4.78 is 6.10. The van der Waals surface area contributed by atoms with E-state index >= 15 is 0 Å². The van der Waals surface area contributed by atoms with Gasteiger partial charge >= 0.3 is 0 Å². The fourth-order valence-electron chi connectivity index (χ4n) is 5.87. The molecular formula is C34H45N3O2. The third kappa shape index (κ3) is 7.10. The fourth-order valence-corrected chi connectivity index (χ4v) is 5.87. The first-order chi connectivity index (χ1) is 19.0. The Balaban J connectivity index is 0.000000826. The lowest BCUT2D eigenvalue weighted by Gasteiger charge is -2.46. The van der Waals surface area contributed by atoms with Crippen molar-refractivity contribution < 1.29 is 9.84 Å². The van der Waals surface area contributed by atoms with E-state index in [0.717, 1.165) is 51.0 Å². The Morgan fingerprint density at radius 1 is 0.897 bits per heavy atom. The topological polar surface area (TPSA) is 62.0 Å². The molecule has 3 aromatic carbocycles. The normalized spacial score (nSPS) is 21.6. The highest BCUT2D eigenvalue weighted by atomic mass is 16.5. The summed E-state index contributed by atoms with van der Waals surface area (Å²) in [6.07, 6.45) is 5.47. The van der Waals surface area contributed by atoms with Crippen LogP contribution >= 0.6 is 0 Å². The fraction of sp³-hybridized carbons (Fsp3) is 0.412. The molecule has 1 heterocycles. The number of hydrogen-bond acceptors (Lipinski definition) is 5. The van der Waals surface area contributed by atoms with Gasteiger partial charge < -0.3 is 20.5 Å². The molecule has 3 N–H and O–H groups in total. The van der Waals surface area contributed by atoms with Crippen molar-refractivity contribution in [2.75, 3.05) is 44.8 Å². The molecular weight excluding hydrogens is 482 g/mol. The number of rotatable bonds is 7. The molecule has 0 unspecified atom stereocenters. The van der Waals surface area contributed by atoms with Gasteiger partial charge in [0.05, 0.1) is 5.60 Å². The van der Waals surface area contributed by atoms with Crippen LogP contribution in [0.25, 0.3) is 16.8 Å². The maximum Gasteiger partial charge on any atom is 0.0928 e. The number of nitrogens with two attached hydrogens (primary N) is 1. The van der Waals surface area contributed by atoms with Crippen LogP contribution in [0, 0.1) is 0 Å². The lowest BCUT2D eigenvalue weighted by molar-refractivity contribution is -0.0614. The number of benzene rings is 3. The van der Waals surface area contributed by atoms with Crippen LogP contribution in [0.15, 0.2) is 85.4 Å². The molecule has 5 rings (SSSR count). The van der Waals surface area contributed by atoms with Crippen molar-refractivity contribution in [2.24, 2.45) is 5.73 Å². The summed E-state index contributed by atoms with van der Waals surface area (Å²) in [6.45, 7) is 10.5. The molecule has 208 valence electrons. The van der Waals surface area contributed by atoms with Crippen LogP contribution in [-0.4, -0.2) is 55.9 Å². The maximum atomic E-state index is 7.88. The zero-order chi connectivity index (χ0) is 27.7. The van der Waals surface area contributed by atoms with Crippen LogP contribution < -0.4 is 10.6 Å². The second-order valence-corrected chi connectivity index (χ2v) is 10.7. The van der Waals surface area contributed by atoms with Gasteiger partial charge in [-0.2, -0.15) is 0 Å². The molecule has 2 aliphatic rings. The Bertz CT molecular complexity index is 1140. The van der Waals surface area contributed by atoms with Crippen molar-refractivity contribution >= 4 is 11.4 Å². The van der Waals surface area contributed by atoms with Gasteiger partial charge in [0.15, 0.2) is 0 Å². The molecule has 0 radical (unpaired) electrons. The number of anilines is 1. The van der Waals surface area contributed by atoms with E-state index in [-0.39, 0.29) is 5.60 Å². The number of aliphatic hydroxyl groups excluding tert-OH is 1. The highest BCUT2D eigenvalue weighted by molar-refractivity contribution is 5.69. The van der Waals surface area contributed by atoms with E-state index in [1.165, 1.54) is 35.2 Å². The van der Waals surface area contributed by atoms with Crippen molar-refractivity contribution in [1.29, 1.82) is 0 Å². The number of aliphatic hydroxyl groups is 1. The van der Waals surface area contributed by atoms with Crippen LogP contribution in [0.1, 0.15) is 50.2 Å². The minimum absolute atomic E-state index is 0.111. The Morgan fingerprint density at radius 2 is 1.44 bits per heavy atom. The van der Waals surface area contributed by atoms with Gasteiger partial charge in [0.25, 0.3) is 0 Å². The first-order valence-electron chi connectivity index (χ1n) is 14.4. The molecule has 0 spiro atoms. The van der Waals surface area contributed by atoms with Crippen LogP contribution in [0.4, 0.5) is 5.69 Å². The summed E-state index contributed by atoms with van der Waals surface area (Å²) in [7, 11) is 1.88. The van der Waals surface area contributed by atoms with Gasteiger partial charge in [-0.1, -0.05) is 80.2 Å². The van der Waals surface area contributed by atoms with Gasteiger partial charge in [0.1, 0.15) is 0 Å². The van der Waals surface area contributed by atoms with E-state index in [9.17, 15) is 0 Å². The van der Waals surface area contributed by atoms with Crippen molar-refractivity contribution in [3.8, 4) is 11.1 Å². The highest BCUT2D eigenvalue weighted by Crippen LogP contribution is 2.41. The molecule has 0 aromatic heterocycles. The van der Waals surface area contributed by atoms with Crippen molar-refractivity contribution in [1.82, 2.24) is 4.90 Å². The number of methoxy groups -OCH3 is 1. The highest BCUT2D eigenvalue weighted by Gasteiger charge is 2.39. The average molecular weight is 528 g/mol. The Morgan fingerprint density at radius 3 is 1.92 bits per heavy atom. The van der Waals surface area contributed by atoms with Crippen LogP contribution in [-0.2, 0) is 10.3 Å². The van der Waals surface area contributed by atoms with Crippen LogP contribution in [0.5, 0.6) is 0 Å². The van der Waals surface area contributed by atoms with Gasteiger partial charge in [-0.05, 0) is 66.5 Å². The smallest absolute Gasteiger partial charge is 0.0928 e. The van der Waals surface area contributed by atoms with Gasteiger partial charge in [-0.3, -0.25) is 4.90 Å². The summed E-state index contributed by atoms with van der Waals surface area (Å²) in [5, 5.41) is 7.88. The van der Waals surface area contributed by atoms with Crippen molar-refractivity contribution in [2.45, 2.75) is 50.7 Å². The molecule has 39 heavy (non-hydrogen) atoms. The maximum absolute atomic E-state index is 7.88. The number of hydrogen-bond donors (Lipinski definition) is 2. The molecule has 2 fully saturated rings. The third-order valence-electron chi connectivity index (χ3n) is 8.33. The summed E-state index contributed by atoms with van der Waals surface area (Å²) in [4.78, 5) is 5.23. The SMILES string of the molecule is C=C(N)c1ccc(-c2ccc(N3CCN(C4CCC(OC)(c5ccccc5)CC4)CC3)cc2)cc1.CCCO. The van der Waals surface area contributed by atoms with E-state index < -0.39 is 0 Å². The third-order valence-corrected chi connectivity index (χ3v) is 8.33. The summed E-state index contributed by atoms with van der Waals surface area (Å²) in [6, 6.07) is 28.7. The van der Waals surface area contributed by atoms with Gasteiger partial charge in [0, 0.05) is 57.3 Å². The lowest BCUT2D eigenvalue weighted by Crippen LogP contribution is -2.52. The largest absolute Gasteiger partial charge is 0.399 e. The molecule has 1 saturated heterocycles. The second kappa shape index (κ2) is 13.8. The summed E-state index contributed by atoms with van der Waals surface area (Å²) in [5.41, 5.74) is 12.3. The molecule has 1 aliphatic carbocycles. The molecule has 0 atom stereocenters. The molecule has 3 aromatic rings. The Kier molecular flexibility index (Phi) is 10.2. The number of nitrogens with zero attached hydrogens (tertiary/aromatic N) is 2. The molecule has 0 amide bonds. The molecule has 1 aliphatic heterocycles. The van der Waals surface area contributed by atoms with Gasteiger partial charge in [-0.25, -0.2) is 0 Å². The van der Waals surface area contributed by atoms with Gasteiger partial charge in [0.2, 0.25) is 0 Å². The molecule has 5 heteroatoms. The minimum atomic E-state index is -0.111. The lowest BCUT2D eigenvalue weighted by atomic mass is 9.77. The van der Waals surface area contributed by atoms with Gasteiger partial charge in [-0.15, -0.1) is 0 Å². The van der Waals surface area contributed by atoms with E-state index in [2.05, 4.69) is 83.1 Å². The average Bonchev–Trinajstić information content (AvgIpc) is 3.02. The molecule has 5 nitrogen and oxygen atoms in total. The second-order valence-electron chi connectivity index (χ2n) is 10.7. The monoisotopic (exact) mass is 527 g/mol. The minimum Gasteiger partial charge on any atom is -0.399 e. The predicted molar refractivity (Wildman–Crippen MR) is 164 cm³/mol. The number of ether oxygens (including phenoxy) is 1. The van der Waals surface area contributed by atoms with E-state index in [1.54, 1.807) is 0 Å². The van der Waals surface area contributed by atoms with Crippen molar-refractivity contribution in [3.63, 3.8) is 0 Å². The quantitative estimate of drug-likeness (QED) is 0.379. The van der Waals surface area contributed by atoms with E-state index in [0.29, 0.717) is 18.3 Å². The zero-order valence-corrected chi connectivity index (χ0v) is 23.7. The summed E-state index contributed by atoms with van der Waals surface area (Å²) >= 11 is 0. The predicted octanol–water partition coefficient (Wildman–Crippen LogP) is 6.28. The van der Waals surface area contributed by atoms with E-state index in [4.69, 9.17) is 15.6 Å². The standard InChI is InChI=1S/C31H37N3O.C3H8O/c1-24(32)25-8-10-26(11-9-25)27-12-14-29(15-13-27)33-20-22-34(23-21-33)30-16-18-31(35-2,19-17-30)28-6-4-3-5-7-28;1-2-3-4/h3-15,30H,1,16-23,32H2,2H3;4H,2-3H2,1H3. The summed E-state index contributed by atoms with van der Waals surface area (Å²) in [5.74, 6) is 0. The van der Waals surface area contributed by atoms with Crippen LogP contribution in [0.3, 0.4) is 0 Å². The molecule has 0 bridgehead atoms. The first kappa shape index (κ1) is 28.9. The molecule has 1 saturated carbocycles.